The Morgan fingerprint density at radius 2 is 0.420 bits per heavy atom. The highest BCUT2D eigenvalue weighted by Crippen LogP contribution is 2.35. The summed E-state index contributed by atoms with van der Waals surface area (Å²) in [6, 6.07) is 4.82. The molecule has 10 aliphatic heterocycles. The highest BCUT2D eigenvalue weighted by Gasteiger charge is 2.55. The molecule has 0 bridgehead atoms. The zero-order valence-electron chi connectivity index (χ0n) is 52.3. The lowest BCUT2D eigenvalue weighted by molar-refractivity contribution is -0.384. The quantitative estimate of drug-likeness (QED) is 0.0401. The zero-order chi connectivity index (χ0) is 71.9. The van der Waals surface area contributed by atoms with Gasteiger partial charge in [-0.2, -0.15) is 0 Å². The standard InChI is InChI=1S/C56H85NO43/c58-17-5-81-48(37(69)27(17)59)92-19-7-83-50(39(71)29(19)61)94-21-9-85-52(41(73)31(21)63)96-23-11-87-54(43(75)33(23)65)98-25-13-89-56(45(77)35(25)67)100-26-14-90-55(46(78)36(26)68)99-24-12-88-53(44(76)34(24)66)97-22-10-86-51(42(74)32(22)64)95-20-8-84-49(40(72)30(20)62)93-18-6-82-47(38(70)28(18)60)91-16-3-1-15(2-4-16)57(79)80/h1-4,17-56,58-78H,5-14H2/t17-,18-,19-,20-,21-,22-,23-,24-,25-,26-,27+,28+,29+,30+,31+,32+,33+,34+,35+,36+,37-,38-,39-,40-,41-,42-,43-,44-,45-,46-,47+,48+,49+,50+,51+,52+,53+,54+,55+,56+/m1/s1. The molecule has 10 heterocycles. The minimum Gasteiger partial charge on any atom is -0.462 e. The average Bonchev–Trinajstić information content (AvgIpc) is 0.808. The largest absolute Gasteiger partial charge is 0.462 e. The lowest BCUT2D eigenvalue weighted by atomic mass is 10.0. The Labute approximate surface area is 563 Å². The number of aliphatic hydroxyl groups excluding tert-OH is 21. The van der Waals surface area contributed by atoms with E-state index in [9.17, 15) is 117 Å². The number of ether oxygens (including phenoxy) is 20. The van der Waals surface area contributed by atoms with Crippen LogP contribution >= 0.6 is 0 Å². The lowest BCUT2D eigenvalue weighted by Gasteiger charge is -2.46. The topological polar surface area (TPSA) is 653 Å². The molecule has 11 rings (SSSR count). The monoisotopic (exact) mass is 1460 g/mol. The Bertz CT molecular complexity index is 2730. The van der Waals surface area contributed by atoms with Crippen molar-refractivity contribution >= 4 is 5.69 Å². The van der Waals surface area contributed by atoms with Gasteiger partial charge in [-0.15, -0.1) is 0 Å². The fourth-order valence-corrected chi connectivity index (χ4v) is 12.3. The highest BCUT2D eigenvalue weighted by molar-refractivity contribution is 5.36. The van der Waals surface area contributed by atoms with Gasteiger partial charge in [-0.1, -0.05) is 0 Å². The van der Waals surface area contributed by atoms with E-state index < -0.39 is 317 Å². The molecule has 21 N–H and O–H groups in total. The third kappa shape index (κ3) is 17.1. The van der Waals surface area contributed by atoms with Crippen LogP contribution in [0.1, 0.15) is 0 Å². The Morgan fingerprint density at radius 3 is 0.620 bits per heavy atom. The van der Waals surface area contributed by atoms with Crippen molar-refractivity contribution in [3.8, 4) is 5.75 Å². The van der Waals surface area contributed by atoms with Gasteiger partial charge in [-0.05, 0) is 12.1 Å². The van der Waals surface area contributed by atoms with E-state index in [-0.39, 0.29) is 11.4 Å². The molecule has 1 aromatic rings. The van der Waals surface area contributed by atoms with Gasteiger partial charge in [0.25, 0.3) is 5.69 Å². The molecule has 100 heavy (non-hydrogen) atoms. The van der Waals surface area contributed by atoms with Crippen LogP contribution in [0.2, 0.25) is 0 Å². The molecule has 10 saturated heterocycles. The first-order valence-corrected chi connectivity index (χ1v) is 31.8. The van der Waals surface area contributed by atoms with Gasteiger partial charge in [0.15, 0.2) is 56.6 Å². The number of rotatable bonds is 21. The smallest absolute Gasteiger partial charge is 0.269 e. The summed E-state index contributed by atoms with van der Waals surface area (Å²) in [5.74, 6) is 0.0781. The molecule has 0 radical (unpaired) electrons. The summed E-state index contributed by atoms with van der Waals surface area (Å²) < 4.78 is 111. The number of benzene rings is 1. The summed E-state index contributed by atoms with van der Waals surface area (Å²) in [6.45, 7) is -5.15. The van der Waals surface area contributed by atoms with Crippen molar-refractivity contribution in [2.24, 2.45) is 0 Å². The van der Waals surface area contributed by atoms with Gasteiger partial charge in [-0.25, -0.2) is 0 Å². The summed E-state index contributed by atoms with van der Waals surface area (Å²) in [6.07, 6.45) is -67.3. The molecule has 0 unspecified atom stereocenters. The van der Waals surface area contributed by atoms with Crippen molar-refractivity contribution in [1.29, 1.82) is 0 Å². The van der Waals surface area contributed by atoms with E-state index in [1.807, 2.05) is 0 Å². The zero-order valence-corrected chi connectivity index (χ0v) is 52.3. The van der Waals surface area contributed by atoms with Crippen molar-refractivity contribution in [3.63, 3.8) is 0 Å². The molecule has 10 fully saturated rings. The van der Waals surface area contributed by atoms with Crippen LogP contribution in [0.25, 0.3) is 0 Å². The number of non-ortho nitro benzene ring substituents is 1. The first kappa shape index (κ1) is 77.9. The van der Waals surface area contributed by atoms with Gasteiger partial charge in [0.1, 0.15) is 189 Å². The Hall–Kier alpha value is -3.18. The van der Waals surface area contributed by atoms with E-state index in [4.69, 9.17) is 94.7 Å². The summed E-state index contributed by atoms with van der Waals surface area (Å²) in [4.78, 5) is 10.3. The van der Waals surface area contributed by atoms with Gasteiger partial charge in [-0.3, -0.25) is 10.1 Å². The molecular weight excluding hydrogens is 1370 g/mol. The van der Waals surface area contributed by atoms with Crippen LogP contribution in [-0.4, -0.2) is 424 Å². The van der Waals surface area contributed by atoms with Crippen LogP contribution in [0, 0.1) is 10.1 Å². The number of aliphatic hydroxyl groups is 21. The van der Waals surface area contributed by atoms with E-state index in [1.54, 1.807) is 0 Å². The predicted octanol–water partition coefficient (Wildman–Crippen LogP) is -14.4. The van der Waals surface area contributed by atoms with Crippen LogP contribution in [0.3, 0.4) is 0 Å². The van der Waals surface area contributed by atoms with E-state index in [2.05, 4.69) is 0 Å². The van der Waals surface area contributed by atoms with Crippen molar-refractivity contribution in [2.45, 2.75) is 246 Å². The molecule has 44 nitrogen and oxygen atoms in total. The molecule has 572 valence electrons. The second-order valence-electron chi connectivity index (χ2n) is 25.3. The second kappa shape index (κ2) is 33.7. The maximum absolute atomic E-state index is 11.1. The Morgan fingerprint density at radius 1 is 0.250 bits per heavy atom. The molecule has 0 aliphatic carbocycles. The van der Waals surface area contributed by atoms with Gasteiger partial charge in [0.05, 0.1) is 71.0 Å². The molecule has 0 aromatic heterocycles. The van der Waals surface area contributed by atoms with E-state index in [0.29, 0.717) is 0 Å². The third-order valence-corrected chi connectivity index (χ3v) is 18.4. The summed E-state index contributed by atoms with van der Waals surface area (Å²) in [5.41, 5.74) is -0.220. The predicted molar refractivity (Wildman–Crippen MR) is 301 cm³/mol. The van der Waals surface area contributed by atoms with Gasteiger partial charge in [0.2, 0.25) is 6.29 Å². The maximum Gasteiger partial charge on any atom is 0.269 e. The van der Waals surface area contributed by atoms with Crippen molar-refractivity contribution in [3.05, 3.63) is 34.4 Å². The fourth-order valence-electron chi connectivity index (χ4n) is 12.3. The summed E-state index contributed by atoms with van der Waals surface area (Å²) in [5, 5.41) is 238. The molecule has 0 amide bonds. The molecule has 0 spiro atoms. The van der Waals surface area contributed by atoms with Crippen molar-refractivity contribution in [1.82, 2.24) is 0 Å². The molecule has 40 atom stereocenters. The molecule has 44 heteroatoms. The van der Waals surface area contributed by atoms with Crippen LogP contribution < -0.4 is 4.74 Å². The Kier molecular flexibility index (Phi) is 26.3. The molecule has 10 aliphatic rings. The van der Waals surface area contributed by atoms with Gasteiger partial charge >= 0.3 is 0 Å². The van der Waals surface area contributed by atoms with Crippen LogP contribution in [-0.2, 0) is 90.0 Å². The van der Waals surface area contributed by atoms with Crippen LogP contribution in [0.15, 0.2) is 24.3 Å². The number of hydrogen-bond donors (Lipinski definition) is 21. The number of nitrogens with zero attached hydrogens (tertiary/aromatic N) is 1. The molecular formula is C56H85NO43. The SMILES string of the molecule is O=[N+]([O-])c1ccc(O[C@@H]2OC[C@@H](O[C@@H]3OC[C@@H](O[C@@H]4OC[C@@H](O[C@@H]5OC[C@@H](O[C@@H]6OC[C@@H](O[C@@H]7OC[C@@H](O[C@@H]8OC[C@@H](O[C@@H]9OC[C@@H](O[C@@H]%10OC[C@@H](O[C@@H]%11OC[C@@H](O)[C@H](O)[C@H]%11O)[C@H](O)[C@H]%10O)[C@H](O)[C@H]9O)[C@H](O)[C@H]8O)[C@H](O)[C@H]7O)[C@H](O)[C@H]6O)[C@H](O)[C@H]5O)[C@H](O)[C@H]4O)[C@H](O)[C@H]3O)[C@H](O)[C@H]2O)cc1. The van der Waals surface area contributed by atoms with Crippen LogP contribution in [0.5, 0.6) is 5.75 Å². The van der Waals surface area contributed by atoms with Crippen LogP contribution in [0.4, 0.5) is 5.69 Å². The van der Waals surface area contributed by atoms with Gasteiger partial charge < -0.3 is 202 Å². The average molecular weight is 1460 g/mol. The minimum atomic E-state index is -1.95. The number of nitro benzene ring substituents is 1. The number of hydrogen-bond acceptors (Lipinski definition) is 43. The maximum atomic E-state index is 11.1. The normalized spacial score (nSPS) is 50.7. The summed E-state index contributed by atoms with van der Waals surface area (Å²) in [7, 11) is 0. The molecule has 1 aromatic carbocycles. The first-order chi connectivity index (χ1) is 47.6. The molecule has 0 saturated carbocycles. The number of nitro groups is 1. The van der Waals surface area contributed by atoms with Gasteiger partial charge in [0, 0.05) is 12.1 Å². The first-order valence-electron chi connectivity index (χ1n) is 31.8. The fraction of sp³-hybridized carbons (Fsp3) is 0.893. The van der Waals surface area contributed by atoms with E-state index >= 15 is 0 Å². The lowest BCUT2D eigenvalue weighted by Crippen LogP contribution is -2.64. The minimum absolute atomic E-state index is 0.0781. The van der Waals surface area contributed by atoms with Crippen molar-refractivity contribution in [2.75, 3.05) is 66.1 Å². The Balaban J connectivity index is 0.562. The summed E-state index contributed by atoms with van der Waals surface area (Å²) >= 11 is 0. The second-order valence-corrected chi connectivity index (χ2v) is 25.3. The van der Waals surface area contributed by atoms with E-state index in [1.165, 1.54) is 12.1 Å². The van der Waals surface area contributed by atoms with E-state index in [0.717, 1.165) is 12.1 Å². The highest BCUT2D eigenvalue weighted by atomic mass is 16.8. The van der Waals surface area contributed by atoms with Crippen molar-refractivity contribution < 1.29 is 207 Å². The third-order valence-electron chi connectivity index (χ3n) is 18.4.